The van der Waals surface area contributed by atoms with Crippen molar-refractivity contribution in [3.05, 3.63) is 34.1 Å². The molecule has 1 rings (SSSR count). The summed E-state index contributed by atoms with van der Waals surface area (Å²) in [5.74, 6) is -5.62. The Morgan fingerprint density at radius 1 is 0.733 bits per heavy atom. The molecule has 0 nitrogen and oxygen atoms in total. The van der Waals surface area contributed by atoms with Gasteiger partial charge in [0.2, 0.25) is 0 Å². The van der Waals surface area contributed by atoms with E-state index >= 15 is 0 Å². The van der Waals surface area contributed by atoms with Crippen LogP contribution in [0.4, 0.5) is 26.3 Å². The molecule has 0 N–H and O–H groups in total. The largest absolute Gasteiger partial charge is 0.422 e. The second kappa shape index (κ2) is 3.43. The Hall–Kier alpha value is -1.20. The molecular formula is C9H6F6. The third-order valence-electron chi connectivity index (χ3n) is 2.14. The van der Waals surface area contributed by atoms with Gasteiger partial charge in [-0.3, -0.25) is 0 Å². The van der Waals surface area contributed by atoms with Crippen LogP contribution in [0.25, 0.3) is 0 Å². The first-order valence-electron chi connectivity index (χ1n) is 3.88. The monoisotopic (exact) mass is 228 g/mol. The first kappa shape index (κ1) is 11.9. The summed E-state index contributed by atoms with van der Waals surface area (Å²) in [6.07, 6.45) is -5.24. The van der Waals surface area contributed by atoms with Crippen LogP contribution in [0, 0.1) is 31.3 Å². The number of hydrogen-bond donors (Lipinski definition) is 0. The average molecular weight is 228 g/mol. The number of halogens is 6. The molecule has 15 heavy (non-hydrogen) atoms. The molecule has 0 unspecified atom stereocenters. The van der Waals surface area contributed by atoms with E-state index in [1.807, 2.05) is 0 Å². The lowest BCUT2D eigenvalue weighted by Crippen LogP contribution is -2.15. The minimum Gasteiger partial charge on any atom is -0.206 e. The van der Waals surface area contributed by atoms with Gasteiger partial charge in [-0.1, -0.05) is 0 Å². The van der Waals surface area contributed by atoms with Crippen molar-refractivity contribution in [1.29, 1.82) is 0 Å². The highest BCUT2D eigenvalue weighted by molar-refractivity contribution is 5.36. The molecule has 0 radical (unpaired) electrons. The summed E-state index contributed by atoms with van der Waals surface area (Å²) in [4.78, 5) is 0. The molecule has 84 valence electrons. The average Bonchev–Trinajstić information content (AvgIpc) is 2.09. The lowest BCUT2D eigenvalue weighted by molar-refractivity contribution is -0.142. The van der Waals surface area contributed by atoms with Gasteiger partial charge >= 0.3 is 6.18 Å². The highest BCUT2D eigenvalue weighted by Crippen LogP contribution is 2.36. The molecule has 0 fully saturated rings. The summed E-state index contributed by atoms with van der Waals surface area (Å²) >= 11 is 0. The predicted octanol–water partition coefficient (Wildman–Crippen LogP) is 3.74. The molecule has 0 spiro atoms. The van der Waals surface area contributed by atoms with Crippen LogP contribution >= 0.6 is 0 Å². The molecule has 0 aromatic heterocycles. The molecule has 0 aliphatic heterocycles. The standard InChI is InChI=1S/C9H6F6/c1-3-4(2)7(11)8(12)5(6(3)10)9(13,14)15/h1-2H3. The Balaban J connectivity index is 3.68. The highest BCUT2D eigenvalue weighted by atomic mass is 19.4. The van der Waals surface area contributed by atoms with E-state index in [1.54, 1.807) is 0 Å². The van der Waals surface area contributed by atoms with Crippen molar-refractivity contribution in [3.63, 3.8) is 0 Å². The molecule has 0 atom stereocenters. The van der Waals surface area contributed by atoms with Crippen LogP contribution in [0.1, 0.15) is 16.7 Å². The van der Waals surface area contributed by atoms with E-state index in [0.717, 1.165) is 13.8 Å². The maximum atomic E-state index is 13.1. The van der Waals surface area contributed by atoms with Crippen LogP contribution < -0.4 is 0 Å². The van der Waals surface area contributed by atoms with Gasteiger partial charge < -0.3 is 0 Å². The summed E-state index contributed by atoms with van der Waals surface area (Å²) in [5, 5.41) is 0. The molecule has 1 aromatic carbocycles. The Bertz CT molecular complexity index is 375. The molecule has 0 saturated heterocycles. The molecule has 0 bridgehead atoms. The van der Waals surface area contributed by atoms with Gasteiger partial charge in [-0.2, -0.15) is 13.2 Å². The maximum absolute atomic E-state index is 13.1. The van der Waals surface area contributed by atoms with E-state index in [2.05, 4.69) is 0 Å². The van der Waals surface area contributed by atoms with Gasteiger partial charge in [0.15, 0.2) is 11.6 Å². The van der Waals surface area contributed by atoms with Crippen LogP contribution in [0.3, 0.4) is 0 Å². The van der Waals surface area contributed by atoms with E-state index in [-0.39, 0.29) is 0 Å². The Morgan fingerprint density at radius 3 is 1.53 bits per heavy atom. The smallest absolute Gasteiger partial charge is 0.206 e. The van der Waals surface area contributed by atoms with Crippen molar-refractivity contribution in [1.82, 2.24) is 0 Å². The molecule has 0 aliphatic carbocycles. The Morgan fingerprint density at radius 2 is 1.13 bits per heavy atom. The van der Waals surface area contributed by atoms with Crippen molar-refractivity contribution in [2.24, 2.45) is 0 Å². The quantitative estimate of drug-likeness (QED) is 0.468. The third kappa shape index (κ3) is 1.80. The van der Waals surface area contributed by atoms with Gasteiger partial charge in [0, 0.05) is 0 Å². The molecule has 6 heteroatoms. The first-order valence-corrected chi connectivity index (χ1v) is 3.88. The van der Waals surface area contributed by atoms with Gasteiger partial charge in [0.25, 0.3) is 0 Å². The minimum absolute atomic E-state index is 0.460. The third-order valence-corrected chi connectivity index (χ3v) is 2.14. The first-order chi connectivity index (χ1) is 6.68. The molecule has 0 saturated carbocycles. The maximum Gasteiger partial charge on any atom is 0.422 e. The number of hydrogen-bond acceptors (Lipinski definition) is 0. The summed E-state index contributed by atoms with van der Waals surface area (Å²) in [6, 6.07) is 0. The zero-order valence-corrected chi connectivity index (χ0v) is 7.77. The minimum atomic E-state index is -5.24. The van der Waals surface area contributed by atoms with Crippen LogP contribution in [0.15, 0.2) is 0 Å². The van der Waals surface area contributed by atoms with Crippen molar-refractivity contribution < 1.29 is 26.3 Å². The van der Waals surface area contributed by atoms with Crippen LogP contribution in [-0.2, 0) is 6.18 Å². The van der Waals surface area contributed by atoms with E-state index in [4.69, 9.17) is 0 Å². The fraction of sp³-hybridized carbons (Fsp3) is 0.333. The van der Waals surface area contributed by atoms with Gasteiger partial charge in [-0.25, -0.2) is 13.2 Å². The van der Waals surface area contributed by atoms with Crippen LogP contribution in [0.5, 0.6) is 0 Å². The van der Waals surface area contributed by atoms with Gasteiger partial charge in [-0.15, -0.1) is 0 Å². The van der Waals surface area contributed by atoms with Gasteiger partial charge in [0.05, 0.1) is 0 Å². The topological polar surface area (TPSA) is 0 Å². The molecular weight excluding hydrogens is 222 g/mol. The fourth-order valence-corrected chi connectivity index (χ4v) is 1.14. The van der Waals surface area contributed by atoms with Crippen molar-refractivity contribution in [3.8, 4) is 0 Å². The lowest BCUT2D eigenvalue weighted by Gasteiger charge is -2.13. The van der Waals surface area contributed by atoms with Crippen molar-refractivity contribution in [2.75, 3.05) is 0 Å². The van der Waals surface area contributed by atoms with E-state index in [0.29, 0.717) is 0 Å². The van der Waals surface area contributed by atoms with E-state index in [1.165, 1.54) is 0 Å². The number of rotatable bonds is 0. The highest BCUT2D eigenvalue weighted by Gasteiger charge is 2.40. The van der Waals surface area contributed by atoms with E-state index < -0.39 is 40.3 Å². The summed E-state index contributed by atoms with van der Waals surface area (Å²) in [5.41, 5.74) is -3.18. The molecule has 0 amide bonds. The normalized spacial score (nSPS) is 12.0. The number of alkyl halides is 3. The molecule has 0 aliphatic rings. The number of benzene rings is 1. The van der Waals surface area contributed by atoms with E-state index in [9.17, 15) is 26.3 Å². The fourth-order valence-electron chi connectivity index (χ4n) is 1.14. The summed E-state index contributed by atoms with van der Waals surface area (Å²) in [6.45, 7) is 1.97. The van der Waals surface area contributed by atoms with Crippen LogP contribution in [0.2, 0.25) is 0 Å². The molecule has 1 aromatic rings. The summed E-state index contributed by atoms with van der Waals surface area (Å²) < 4.78 is 75.3. The lowest BCUT2D eigenvalue weighted by atomic mass is 10.0. The second-order valence-corrected chi connectivity index (χ2v) is 3.06. The Kier molecular flexibility index (Phi) is 2.71. The van der Waals surface area contributed by atoms with Crippen molar-refractivity contribution in [2.45, 2.75) is 20.0 Å². The predicted molar refractivity (Wildman–Crippen MR) is 40.8 cm³/mol. The molecule has 0 heterocycles. The van der Waals surface area contributed by atoms with Gasteiger partial charge in [-0.05, 0) is 25.0 Å². The van der Waals surface area contributed by atoms with Gasteiger partial charge in [0.1, 0.15) is 11.4 Å². The summed E-state index contributed by atoms with van der Waals surface area (Å²) in [7, 11) is 0. The van der Waals surface area contributed by atoms with Crippen LogP contribution in [-0.4, -0.2) is 0 Å². The zero-order chi connectivity index (χ0) is 12.0. The second-order valence-electron chi connectivity index (χ2n) is 3.06. The van der Waals surface area contributed by atoms with Crippen molar-refractivity contribution >= 4 is 0 Å². The Labute approximate surface area is 81.5 Å². The zero-order valence-electron chi connectivity index (χ0n) is 7.77. The SMILES string of the molecule is Cc1c(C)c(F)c(C(F)(F)F)c(F)c1F.